The highest BCUT2D eigenvalue weighted by atomic mass is 28.4. The van der Waals surface area contributed by atoms with E-state index < -0.39 is 16.6 Å². The van der Waals surface area contributed by atoms with E-state index in [1.54, 1.807) is 0 Å². The number of ether oxygens (including phenoxy) is 1. The molecule has 37 heavy (non-hydrogen) atoms. The summed E-state index contributed by atoms with van der Waals surface area (Å²) < 4.78 is 19.2. The molecule has 0 aliphatic heterocycles. The highest BCUT2D eigenvalue weighted by Gasteiger charge is 2.50. The molecular formula is C31H62O4Si2. The second-order valence-corrected chi connectivity index (χ2v) is 24.3. The predicted octanol–water partition coefficient (Wildman–Crippen LogP) is 9.66. The molecule has 6 heteroatoms. The van der Waals surface area contributed by atoms with Crippen molar-refractivity contribution in [2.75, 3.05) is 7.11 Å². The molecule has 0 radical (unpaired) electrons. The standard InChI is InChI=1S/C31H62O4Si2/c1-24(2)19-18-21-26-25(20-16-14-15-17-22-29(32)33-9)27(34-36(10,11)30(3,4)5)23-28(26)35-37(12,13)31(6,7)8/h25-28H,1,14-23H2,2-13H3/t25-,26-,27?,28?/m1/s1. The van der Waals surface area contributed by atoms with Crippen LogP contribution in [0.3, 0.4) is 0 Å². The molecule has 1 fully saturated rings. The Morgan fingerprint density at radius 3 is 1.59 bits per heavy atom. The van der Waals surface area contributed by atoms with Gasteiger partial charge in [0, 0.05) is 6.42 Å². The van der Waals surface area contributed by atoms with E-state index in [1.807, 2.05) is 0 Å². The van der Waals surface area contributed by atoms with Crippen LogP contribution in [0.25, 0.3) is 0 Å². The van der Waals surface area contributed by atoms with Gasteiger partial charge in [-0.3, -0.25) is 4.79 Å². The van der Waals surface area contributed by atoms with Gasteiger partial charge < -0.3 is 13.6 Å². The van der Waals surface area contributed by atoms with Gasteiger partial charge in [-0.1, -0.05) is 66.4 Å². The van der Waals surface area contributed by atoms with E-state index in [2.05, 4.69) is 81.2 Å². The number of carbonyl (C=O) groups is 1. The van der Waals surface area contributed by atoms with Crippen molar-refractivity contribution < 1.29 is 18.4 Å². The summed E-state index contributed by atoms with van der Waals surface area (Å²) >= 11 is 0. The number of methoxy groups -OCH3 is 1. The Morgan fingerprint density at radius 2 is 1.19 bits per heavy atom. The number of hydrogen-bond donors (Lipinski definition) is 0. The molecule has 4 atom stereocenters. The first-order valence-electron chi connectivity index (χ1n) is 14.9. The van der Waals surface area contributed by atoms with E-state index in [-0.39, 0.29) is 28.3 Å². The monoisotopic (exact) mass is 554 g/mol. The van der Waals surface area contributed by atoms with Gasteiger partial charge in [0.25, 0.3) is 0 Å². The Labute approximate surface area is 233 Å². The van der Waals surface area contributed by atoms with Gasteiger partial charge in [0.15, 0.2) is 16.6 Å². The third-order valence-corrected chi connectivity index (χ3v) is 18.5. The number of esters is 1. The summed E-state index contributed by atoms with van der Waals surface area (Å²) in [6.45, 7) is 30.0. The zero-order valence-electron chi connectivity index (χ0n) is 26.7. The fourth-order valence-corrected chi connectivity index (χ4v) is 7.82. The van der Waals surface area contributed by atoms with Crippen LogP contribution < -0.4 is 0 Å². The maximum absolute atomic E-state index is 11.5. The fraction of sp³-hybridized carbons (Fsp3) is 0.903. The second-order valence-electron chi connectivity index (χ2n) is 14.8. The SMILES string of the molecule is C=C(C)CCC[C@H]1C(O[Si](C)(C)C(C)(C)C)CC(O[Si](C)(C)C(C)(C)C)[C@@H]1CCCCCCC(=O)OC. The van der Waals surface area contributed by atoms with Crippen molar-refractivity contribution in [2.24, 2.45) is 11.8 Å². The molecule has 0 aromatic carbocycles. The Bertz CT molecular complexity index is 718. The first kappa shape index (κ1) is 34.6. The lowest BCUT2D eigenvalue weighted by molar-refractivity contribution is -0.140. The molecule has 1 aliphatic rings. The van der Waals surface area contributed by atoms with E-state index in [9.17, 15) is 4.79 Å². The molecule has 0 heterocycles. The molecule has 218 valence electrons. The lowest BCUT2D eigenvalue weighted by atomic mass is 9.85. The Balaban J connectivity index is 3.12. The minimum Gasteiger partial charge on any atom is -0.469 e. The number of allylic oxidation sites excluding steroid dienone is 1. The molecule has 0 bridgehead atoms. The molecule has 0 aromatic rings. The molecule has 4 nitrogen and oxygen atoms in total. The highest BCUT2D eigenvalue weighted by molar-refractivity contribution is 6.74. The summed E-state index contributed by atoms with van der Waals surface area (Å²) in [4.78, 5) is 11.5. The smallest absolute Gasteiger partial charge is 0.305 e. The Hall–Kier alpha value is -0.436. The van der Waals surface area contributed by atoms with Gasteiger partial charge in [0.2, 0.25) is 0 Å². The Kier molecular flexibility index (Phi) is 13.3. The van der Waals surface area contributed by atoms with Gasteiger partial charge >= 0.3 is 5.97 Å². The van der Waals surface area contributed by atoms with Crippen LogP contribution in [0.4, 0.5) is 0 Å². The molecule has 0 amide bonds. The maximum Gasteiger partial charge on any atom is 0.305 e. The van der Waals surface area contributed by atoms with Crippen molar-refractivity contribution in [3.05, 3.63) is 12.2 Å². The van der Waals surface area contributed by atoms with E-state index in [4.69, 9.17) is 13.6 Å². The second kappa shape index (κ2) is 14.3. The molecule has 0 saturated heterocycles. The molecule has 1 aliphatic carbocycles. The van der Waals surface area contributed by atoms with E-state index >= 15 is 0 Å². The molecule has 2 unspecified atom stereocenters. The maximum atomic E-state index is 11.5. The van der Waals surface area contributed by atoms with Crippen molar-refractivity contribution in [1.29, 1.82) is 0 Å². The van der Waals surface area contributed by atoms with Gasteiger partial charge in [-0.15, -0.1) is 6.58 Å². The van der Waals surface area contributed by atoms with Crippen molar-refractivity contribution in [3.63, 3.8) is 0 Å². The molecule has 1 rings (SSSR count). The number of hydrogen-bond acceptors (Lipinski definition) is 4. The third-order valence-electron chi connectivity index (χ3n) is 9.51. The predicted molar refractivity (Wildman–Crippen MR) is 164 cm³/mol. The van der Waals surface area contributed by atoms with Crippen LogP contribution in [-0.4, -0.2) is 41.9 Å². The zero-order chi connectivity index (χ0) is 28.7. The fourth-order valence-electron chi connectivity index (χ4n) is 5.06. The van der Waals surface area contributed by atoms with Gasteiger partial charge in [0.05, 0.1) is 19.3 Å². The minimum atomic E-state index is -1.90. The normalized spacial score (nSPS) is 23.4. The van der Waals surface area contributed by atoms with Crippen LogP contribution >= 0.6 is 0 Å². The summed E-state index contributed by atoms with van der Waals surface area (Å²) in [5.41, 5.74) is 1.27. The van der Waals surface area contributed by atoms with Crippen LogP contribution in [0.1, 0.15) is 113 Å². The average molecular weight is 555 g/mol. The lowest BCUT2D eigenvalue weighted by Gasteiger charge is -2.40. The summed E-state index contributed by atoms with van der Waals surface area (Å²) in [5, 5.41) is 0.391. The zero-order valence-corrected chi connectivity index (χ0v) is 28.7. The summed E-state index contributed by atoms with van der Waals surface area (Å²) in [6, 6.07) is 0. The summed E-state index contributed by atoms with van der Waals surface area (Å²) in [5.74, 6) is 0.981. The number of rotatable bonds is 15. The first-order chi connectivity index (χ1) is 16.8. The van der Waals surface area contributed by atoms with Crippen molar-refractivity contribution in [2.45, 2.75) is 161 Å². The Morgan fingerprint density at radius 1 is 0.757 bits per heavy atom. The van der Waals surface area contributed by atoms with Crippen molar-refractivity contribution >= 4 is 22.6 Å². The van der Waals surface area contributed by atoms with Crippen LogP contribution in [0, 0.1) is 11.8 Å². The third kappa shape index (κ3) is 10.9. The lowest BCUT2D eigenvalue weighted by Crippen LogP contribution is -2.45. The van der Waals surface area contributed by atoms with Crippen molar-refractivity contribution in [3.8, 4) is 0 Å². The molecule has 0 aromatic heterocycles. The molecule has 1 saturated carbocycles. The average Bonchev–Trinajstić information content (AvgIpc) is 3.03. The van der Waals surface area contributed by atoms with Crippen LogP contribution in [0.5, 0.6) is 0 Å². The van der Waals surface area contributed by atoms with Gasteiger partial charge in [-0.2, -0.15) is 0 Å². The largest absolute Gasteiger partial charge is 0.469 e. The summed E-state index contributed by atoms with van der Waals surface area (Å²) in [6.07, 6.45) is 11.1. The minimum absolute atomic E-state index is 0.0955. The van der Waals surface area contributed by atoms with Gasteiger partial charge in [-0.05, 0) is 93.5 Å². The number of unbranched alkanes of at least 4 members (excludes halogenated alkanes) is 3. The molecular weight excluding hydrogens is 493 g/mol. The number of carbonyl (C=O) groups excluding carboxylic acids is 1. The molecule has 0 N–H and O–H groups in total. The van der Waals surface area contributed by atoms with Crippen LogP contribution in [0.15, 0.2) is 12.2 Å². The van der Waals surface area contributed by atoms with Crippen LogP contribution in [-0.2, 0) is 18.4 Å². The first-order valence-corrected chi connectivity index (χ1v) is 20.7. The van der Waals surface area contributed by atoms with Gasteiger partial charge in [0.1, 0.15) is 0 Å². The quantitative estimate of drug-likeness (QED) is 0.0874. The van der Waals surface area contributed by atoms with E-state index in [1.165, 1.54) is 38.4 Å². The topological polar surface area (TPSA) is 44.8 Å². The summed E-state index contributed by atoms with van der Waals surface area (Å²) in [7, 11) is -2.32. The van der Waals surface area contributed by atoms with Gasteiger partial charge in [-0.25, -0.2) is 0 Å². The van der Waals surface area contributed by atoms with Crippen molar-refractivity contribution in [1.82, 2.24) is 0 Å². The van der Waals surface area contributed by atoms with E-state index in [0.29, 0.717) is 18.3 Å². The van der Waals surface area contributed by atoms with Crippen LogP contribution in [0.2, 0.25) is 36.3 Å². The highest BCUT2D eigenvalue weighted by Crippen LogP contribution is 2.49. The van der Waals surface area contributed by atoms with E-state index in [0.717, 1.165) is 32.1 Å². The molecule has 0 spiro atoms.